The van der Waals surface area contributed by atoms with Crippen LogP contribution in [0.4, 0.5) is 0 Å². The van der Waals surface area contributed by atoms with Crippen LogP contribution in [0.5, 0.6) is 0 Å². The molecule has 1 saturated carbocycles. The fraction of sp³-hybridized carbons (Fsp3) is 1.00. The third-order valence-corrected chi connectivity index (χ3v) is 4.05. The van der Waals surface area contributed by atoms with Crippen LogP contribution >= 0.6 is 11.8 Å². The van der Waals surface area contributed by atoms with Crippen molar-refractivity contribution in [2.45, 2.75) is 51.1 Å². The van der Waals surface area contributed by atoms with Gasteiger partial charge in [0, 0.05) is 18.6 Å². The Morgan fingerprint density at radius 2 is 2.27 bits per heavy atom. The highest BCUT2D eigenvalue weighted by Gasteiger charge is 2.22. The quantitative estimate of drug-likeness (QED) is 0.659. The minimum Gasteiger partial charge on any atom is -0.329 e. The molecule has 1 fully saturated rings. The molecule has 0 spiro atoms. The van der Waals surface area contributed by atoms with E-state index in [1.807, 2.05) is 11.8 Å². The average molecular weight is 230 g/mol. The van der Waals surface area contributed by atoms with Gasteiger partial charge in [-0.1, -0.05) is 6.92 Å². The molecule has 0 saturated heterocycles. The molecular weight excluding hydrogens is 204 g/mol. The summed E-state index contributed by atoms with van der Waals surface area (Å²) >= 11 is 1.93. The molecular formula is C12H26N2S. The molecule has 15 heavy (non-hydrogen) atoms. The highest BCUT2D eigenvalue weighted by molar-refractivity contribution is 7.98. The first-order valence-corrected chi connectivity index (χ1v) is 7.60. The second-order valence-corrected chi connectivity index (χ2v) is 5.84. The van der Waals surface area contributed by atoms with E-state index in [0.717, 1.165) is 18.5 Å². The maximum atomic E-state index is 5.80. The monoisotopic (exact) mass is 230 g/mol. The third kappa shape index (κ3) is 5.23. The van der Waals surface area contributed by atoms with Gasteiger partial charge in [-0.25, -0.2) is 0 Å². The Kier molecular flexibility index (Phi) is 6.69. The van der Waals surface area contributed by atoms with Gasteiger partial charge in [-0.15, -0.1) is 0 Å². The molecule has 3 atom stereocenters. The van der Waals surface area contributed by atoms with Crippen molar-refractivity contribution in [3.8, 4) is 0 Å². The lowest BCUT2D eigenvalue weighted by molar-refractivity contribution is 0.406. The van der Waals surface area contributed by atoms with Crippen molar-refractivity contribution in [2.24, 2.45) is 11.7 Å². The predicted octanol–water partition coefficient (Wildman–Crippen LogP) is 2.24. The van der Waals surface area contributed by atoms with Crippen LogP contribution in [0.2, 0.25) is 0 Å². The predicted molar refractivity (Wildman–Crippen MR) is 70.4 cm³/mol. The molecule has 0 aromatic carbocycles. The van der Waals surface area contributed by atoms with Crippen molar-refractivity contribution in [1.82, 2.24) is 5.32 Å². The molecule has 3 unspecified atom stereocenters. The Balaban J connectivity index is 2.15. The van der Waals surface area contributed by atoms with E-state index in [-0.39, 0.29) is 0 Å². The van der Waals surface area contributed by atoms with E-state index in [4.69, 9.17) is 5.73 Å². The summed E-state index contributed by atoms with van der Waals surface area (Å²) in [5, 5.41) is 3.72. The van der Waals surface area contributed by atoms with Crippen molar-refractivity contribution < 1.29 is 0 Å². The third-order valence-electron chi connectivity index (χ3n) is 3.35. The van der Waals surface area contributed by atoms with Crippen LogP contribution in [0.3, 0.4) is 0 Å². The van der Waals surface area contributed by atoms with Crippen molar-refractivity contribution in [1.29, 1.82) is 0 Å². The van der Waals surface area contributed by atoms with Crippen LogP contribution in [-0.4, -0.2) is 30.6 Å². The molecule has 1 rings (SSSR count). The van der Waals surface area contributed by atoms with Gasteiger partial charge in [0.15, 0.2) is 0 Å². The Labute approximate surface area is 98.8 Å². The maximum absolute atomic E-state index is 5.80. The van der Waals surface area contributed by atoms with Gasteiger partial charge in [-0.3, -0.25) is 0 Å². The van der Waals surface area contributed by atoms with Gasteiger partial charge in [-0.05, 0) is 50.0 Å². The molecule has 3 N–H and O–H groups in total. The second kappa shape index (κ2) is 7.53. The zero-order valence-electron chi connectivity index (χ0n) is 10.2. The molecule has 3 heteroatoms. The lowest BCUT2D eigenvalue weighted by Crippen LogP contribution is -2.41. The number of thioether (sulfide) groups is 1. The SMILES string of the molecule is CSCCCC(CN)NC1CCC(C)C1. The molecule has 0 radical (unpaired) electrons. The molecule has 0 amide bonds. The van der Waals surface area contributed by atoms with Gasteiger partial charge in [0.25, 0.3) is 0 Å². The minimum atomic E-state index is 0.549. The van der Waals surface area contributed by atoms with Gasteiger partial charge < -0.3 is 11.1 Å². The van der Waals surface area contributed by atoms with E-state index in [1.54, 1.807) is 0 Å². The van der Waals surface area contributed by atoms with E-state index in [2.05, 4.69) is 18.5 Å². The summed E-state index contributed by atoms with van der Waals surface area (Å²) in [6, 6.07) is 1.29. The van der Waals surface area contributed by atoms with Crippen LogP contribution in [0, 0.1) is 5.92 Å². The number of hydrogen-bond acceptors (Lipinski definition) is 3. The van der Waals surface area contributed by atoms with E-state index in [0.29, 0.717) is 6.04 Å². The molecule has 0 aromatic rings. The summed E-state index contributed by atoms with van der Waals surface area (Å²) in [7, 11) is 0. The fourth-order valence-corrected chi connectivity index (χ4v) is 2.89. The van der Waals surface area contributed by atoms with Crippen molar-refractivity contribution in [3.05, 3.63) is 0 Å². The van der Waals surface area contributed by atoms with Gasteiger partial charge >= 0.3 is 0 Å². The highest BCUT2D eigenvalue weighted by Crippen LogP contribution is 2.25. The summed E-state index contributed by atoms with van der Waals surface area (Å²) < 4.78 is 0. The van der Waals surface area contributed by atoms with Gasteiger partial charge in [0.05, 0.1) is 0 Å². The van der Waals surface area contributed by atoms with Crippen LogP contribution in [0.1, 0.15) is 39.0 Å². The molecule has 0 bridgehead atoms. The minimum absolute atomic E-state index is 0.549. The largest absolute Gasteiger partial charge is 0.329 e. The van der Waals surface area contributed by atoms with Gasteiger partial charge in [-0.2, -0.15) is 11.8 Å². The van der Waals surface area contributed by atoms with Gasteiger partial charge in [0.2, 0.25) is 0 Å². The fourth-order valence-electron chi connectivity index (χ4n) is 2.44. The van der Waals surface area contributed by atoms with Crippen molar-refractivity contribution in [3.63, 3.8) is 0 Å². The molecule has 1 aliphatic rings. The van der Waals surface area contributed by atoms with E-state index < -0.39 is 0 Å². The topological polar surface area (TPSA) is 38.0 Å². The first kappa shape index (κ1) is 13.3. The molecule has 2 nitrogen and oxygen atoms in total. The smallest absolute Gasteiger partial charge is 0.0193 e. The normalized spacial score (nSPS) is 28.2. The summed E-state index contributed by atoms with van der Waals surface area (Å²) in [5.74, 6) is 2.17. The Bertz CT molecular complexity index is 164. The highest BCUT2D eigenvalue weighted by atomic mass is 32.2. The number of nitrogens with two attached hydrogens (primary N) is 1. The average Bonchev–Trinajstić information content (AvgIpc) is 2.63. The zero-order valence-corrected chi connectivity index (χ0v) is 11.0. The Morgan fingerprint density at radius 1 is 1.47 bits per heavy atom. The molecule has 0 heterocycles. The zero-order chi connectivity index (χ0) is 11.1. The summed E-state index contributed by atoms with van der Waals surface area (Å²) in [6.07, 6.45) is 8.78. The van der Waals surface area contributed by atoms with Crippen molar-refractivity contribution in [2.75, 3.05) is 18.6 Å². The van der Waals surface area contributed by atoms with Crippen molar-refractivity contribution >= 4 is 11.8 Å². The number of hydrogen-bond donors (Lipinski definition) is 2. The van der Waals surface area contributed by atoms with Crippen LogP contribution in [0.25, 0.3) is 0 Å². The van der Waals surface area contributed by atoms with E-state index in [1.165, 1.54) is 37.9 Å². The van der Waals surface area contributed by atoms with Crippen LogP contribution in [0.15, 0.2) is 0 Å². The first-order chi connectivity index (χ1) is 7.26. The standard InChI is InChI=1S/C12H26N2S/c1-10-5-6-11(8-10)14-12(9-13)4-3-7-15-2/h10-12,14H,3-9,13H2,1-2H3. The molecule has 0 aromatic heterocycles. The molecule has 90 valence electrons. The van der Waals surface area contributed by atoms with E-state index >= 15 is 0 Å². The van der Waals surface area contributed by atoms with Crippen LogP contribution < -0.4 is 11.1 Å². The molecule has 1 aliphatic carbocycles. The first-order valence-electron chi connectivity index (χ1n) is 6.21. The summed E-state index contributed by atoms with van der Waals surface area (Å²) in [6.45, 7) is 3.14. The van der Waals surface area contributed by atoms with Gasteiger partial charge in [0.1, 0.15) is 0 Å². The maximum Gasteiger partial charge on any atom is 0.0193 e. The summed E-state index contributed by atoms with van der Waals surface area (Å²) in [5.41, 5.74) is 5.80. The van der Waals surface area contributed by atoms with E-state index in [9.17, 15) is 0 Å². The number of rotatable bonds is 7. The Hall–Kier alpha value is 0.270. The van der Waals surface area contributed by atoms with Crippen LogP contribution in [-0.2, 0) is 0 Å². The lowest BCUT2D eigenvalue weighted by Gasteiger charge is -2.21. The number of nitrogens with one attached hydrogen (secondary N) is 1. The molecule has 0 aliphatic heterocycles. The summed E-state index contributed by atoms with van der Waals surface area (Å²) in [4.78, 5) is 0. The second-order valence-electron chi connectivity index (χ2n) is 4.85. The lowest BCUT2D eigenvalue weighted by atomic mass is 10.1. The Morgan fingerprint density at radius 3 is 2.80 bits per heavy atom.